The summed E-state index contributed by atoms with van der Waals surface area (Å²) in [7, 11) is 0. The molecule has 0 spiro atoms. The van der Waals surface area contributed by atoms with Crippen LogP contribution in [0.5, 0.6) is 0 Å². The highest BCUT2D eigenvalue weighted by Crippen LogP contribution is 2.00. The molecule has 2 heteroatoms. The number of ether oxygens (including phenoxy) is 1. The first kappa shape index (κ1) is 8.92. The van der Waals surface area contributed by atoms with E-state index in [1.165, 1.54) is 0 Å². The maximum Gasteiger partial charge on any atom is 0.106 e. The zero-order valence-electron chi connectivity index (χ0n) is 6.22. The van der Waals surface area contributed by atoms with Crippen LogP contribution in [0.25, 0.3) is 0 Å². The van der Waals surface area contributed by atoms with E-state index in [1.807, 2.05) is 0 Å². The summed E-state index contributed by atoms with van der Waals surface area (Å²) in [6, 6.07) is 0. The molecule has 55 valence electrons. The van der Waals surface area contributed by atoms with Gasteiger partial charge in [-0.25, -0.2) is 5.11 Å². The summed E-state index contributed by atoms with van der Waals surface area (Å²) in [5, 5.41) is 9.94. The van der Waals surface area contributed by atoms with E-state index in [4.69, 9.17) is 4.74 Å². The summed E-state index contributed by atoms with van der Waals surface area (Å²) in [5.41, 5.74) is 0. The molecule has 0 amide bonds. The van der Waals surface area contributed by atoms with Gasteiger partial charge in [0, 0.05) is 0 Å². The van der Waals surface area contributed by atoms with Gasteiger partial charge in [0.1, 0.15) is 6.61 Å². The highest BCUT2D eigenvalue weighted by molar-refractivity contribution is 4.49. The molecule has 2 nitrogen and oxygen atoms in total. The second-order valence-corrected chi connectivity index (χ2v) is 2.01. The molecular formula is C7H15O2. The Bertz CT molecular complexity index is 50.9. The van der Waals surface area contributed by atoms with Gasteiger partial charge in [-0.2, -0.15) is 0 Å². The van der Waals surface area contributed by atoms with Crippen molar-refractivity contribution in [1.82, 2.24) is 0 Å². The van der Waals surface area contributed by atoms with Crippen LogP contribution in [-0.4, -0.2) is 19.3 Å². The summed E-state index contributed by atoms with van der Waals surface area (Å²) >= 11 is 0. The first-order valence-corrected chi connectivity index (χ1v) is 3.54. The van der Waals surface area contributed by atoms with Crippen LogP contribution < -0.4 is 0 Å². The summed E-state index contributed by atoms with van der Waals surface area (Å²) < 4.78 is 5.18. The van der Waals surface area contributed by atoms with Crippen molar-refractivity contribution in [2.45, 2.75) is 32.8 Å². The van der Waals surface area contributed by atoms with Crippen molar-refractivity contribution in [3.05, 3.63) is 0 Å². The minimum Gasteiger partial charge on any atom is -0.376 e. The Kier molecular flexibility index (Phi) is 5.99. The average Bonchev–Trinajstić information content (AvgIpc) is 1.91. The molecular weight excluding hydrogens is 116 g/mol. The van der Waals surface area contributed by atoms with Gasteiger partial charge in [-0.3, -0.25) is 0 Å². The average molecular weight is 131 g/mol. The Hall–Kier alpha value is -0.0800. The van der Waals surface area contributed by atoms with Gasteiger partial charge in [0.05, 0.1) is 12.7 Å². The topological polar surface area (TPSA) is 29.1 Å². The van der Waals surface area contributed by atoms with Gasteiger partial charge in [0.25, 0.3) is 0 Å². The molecule has 0 rings (SSSR count). The Morgan fingerprint density at radius 2 is 1.89 bits per heavy atom. The van der Waals surface area contributed by atoms with Crippen LogP contribution in [0.1, 0.15) is 26.7 Å². The van der Waals surface area contributed by atoms with E-state index in [-0.39, 0.29) is 6.61 Å². The molecule has 0 atom stereocenters. The quantitative estimate of drug-likeness (QED) is 0.557. The van der Waals surface area contributed by atoms with Crippen molar-refractivity contribution in [2.75, 3.05) is 13.2 Å². The van der Waals surface area contributed by atoms with Gasteiger partial charge < -0.3 is 4.74 Å². The maximum absolute atomic E-state index is 9.94. The third-order valence-corrected chi connectivity index (χ3v) is 1.35. The van der Waals surface area contributed by atoms with Gasteiger partial charge in [-0.05, 0) is 12.8 Å². The van der Waals surface area contributed by atoms with Crippen molar-refractivity contribution < 1.29 is 9.84 Å². The molecule has 0 aromatic rings. The first-order chi connectivity index (χ1) is 4.35. The van der Waals surface area contributed by atoms with E-state index in [2.05, 4.69) is 13.8 Å². The standard InChI is InChI=1S/C7H15O2/c1-3-7(4-2)9-6-5-8/h7H,3-6H2,1-2H3. The van der Waals surface area contributed by atoms with Crippen molar-refractivity contribution in [2.24, 2.45) is 0 Å². The Morgan fingerprint density at radius 3 is 2.22 bits per heavy atom. The van der Waals surface area contributed by atoms with Crippen LogP contribution in [0.4, 0.5) is 0 Å². The van der Waals surface area contributed by atoms with Gasteiger partial charge in [-0.1, -0.05) is 13.8 Å². The fourth-order valence-corrected chi connectivity index (χ4v) is 0.739. The van der Waals surface area contributed by atoms with E-state index in [9.17, 15) is 5.11 Å². The van der Waals surface area contributed by atoms with E-state index >= 15 is 0 Å². The Balaban J connectivity index is 3.09. The second kappa shape index (κ2) is 6.05. The lowest BCUT2D eigenvalue weighted by atomic mass is 10.2. The monoisotopic (exact) mass is 131 g/mol. The molecule has 0 saturated carbocycles. The minimum absolute atomic E-state index is 0.115. The zero-order valence-corrected chi connectivity index (χ0v) is 6.22. The normalized spacial score (nSPS) is 10.7. The van der Waals surface area contributed by atoms with Gasteiger partial charge in [0.2, 0.25) is 0 Å². The van der Waals surface area contributed by atoms with Crippen LogP contribution in [0.2, 0.25) is 0 Å². The van der Waals surface area contributed by atoms with E-state index in [0.29, 0.717) is 12.7 Å². The highest BCUT2D eigenvalue weighted by Gasteiger charge is 2.00. The zero-order chi connectivity index (χ0) is 7.11. The molecule has 0 aromatic heterocycles. The molecule has 0 bridgehead atoms. The lowest BCUT2D eigenvalue weighted by Gasteiger charge is -2.11. The molecule has 0 aliphatic rings. The fraction of sp³-hybridized carbons (Fsp3) is 1.00. The minimum atomic E-state index is -0.115. The lowest BCUT2D eigenvalue weighted by Crippen LogP contribution is -2.12. The van der Waals surface area contributed by atoms with Crippen molar-refractivity contribution >= 4 is 0 Å². The summed E-state index contributed by atoms with van der Waals surface area (Å²) in [5.74, 6) is 0. The molecule has 0 heterocycles. The van der Waals surface area contributed by atoms with Crippen LogP contribution in [0.3, 0.4) is 0 Å². The van der Waals surface area contributed by atoms with E-state index in [1.54, 1.807) is 0 Å². The van der Waals surface area contributed by atoms with Crippen molar-refractivity contribution in [3.8, 4) is 0 Å². The predicted molar refractivity (Wildman–Crippen MR) is 35.9 cm³/mol. The second-order valence-electron chi connectivity index (χ2n) is 2.01. The van der Waals surface area contributed by atoms with Crippen LogP contribution >= 0.6 is 0 Å². The van der Waals surface area contributed by atoms with Gasteiger partial charge >= 0.3 is 0 Å². The molecule has 0 N–H and O–H groups in total. The molecule has 0 saturated heterocycles. The molecule has 0 aliphatic heterocycles. The SMILES string of the molecule is CCC(CC)OCC[O]. The molecule has 0 aromatic carbocycles. The molecule has 0 unspecified atom stereocenters. The van der Waals surface area contributed by atoms with Crippen LogP contribution in [0, 0.1) is 0 Å². The lowest BCUT2D eigenvalue weighted by molar-refractivity contribution is 0.00899. The van der Waals surface area contributed by atoms with Crippen molar-refractivity contribution in [1.29, 1.82) is 0 Å². The Labute approximate surface area is 56.8 Å². The summed E-state index contributed by atoms with van der Waals surface area (Å²) in [4.78, 5) is 0. The maximum atomic E-state index is 9.94. The van der Waals surface area contributed by atoms with Crippen LogP contribution in [0.15, 0.2) is 0 Å². The van der Waals surface area contributed by atoms with E-state index in [0.717, 1.165) is 12.8 Å². The Morgan fingerprint density at radius 1 is 1.33 bits per heavy atom. The molecule has 0 aliphatic carbocycles. The third-order valence-electron chi connectivity index (χ3n) is 1.35. The van der Waals surface area contributed by atoms with Crippen LogP contribution in [-0.2, 0) is 9.84 Å². The number of rotatable bonds is 5. The molecule has 1 radical (unpaired) electrons. The molecule has 9 heavy (non-hydrogen) atoms. The van der Waals surface area contributed by atoms with Gasteiger partial charge in [-0.15, -0.1) is 0 Å². The summed E-state index contributed by atoms with van der Waals surface area (Å²) in [6.07, 6.45) is 2.33. The van der Waals surface area contributed by atoms with Gasteiger partial charge in [0.15, 0.2) is 0 Å². The number of hydrogen-bond acceptors (Lipinski definition) is 1. The smallest absolute Gasteiger partial charge is 0.106 e. The van der Waals surface area contributed by atoms with Crippen molar-refractivity contribution in [3.63, 3.8) is 0 Å². The summed E-state index contributed by atoms with van der Waals surface area (Å²) in [6.45, 7) is 4.39. The predicted octanol–water partition coefficient (Wildman–Crippen LogP) is 1.62. The third kappa shape index (κ3) is 4.43. The largest absolute Gasteiger partial charge is 0.376 e. The highest BCUT2D eigenvalue weighted by atomic mass is 16.5. The molecule has 0 fully saturated rings. The fourth-order valence-electron chi connectivity index (χ4n) is 0.739. The number of hydrogen-bond donors (Lipinski definition) is 0. The van der Waals surface area contributed by atoms with E-state index < -0.39 is 0 Å². The first-order valence-electron chi connectivity index (χ1n) is 3.54.